The summed E-state index contributed by atoms with van der Waals surface area (Å²) in [5.74, 6) is 0.0856. The van der Waals surface area contributed by atoms with Gasteiger partial charge in [0.15, 0.2) is 0 Å². The van der Waals surface area contributed by atoms with Gasteiger partial charge in [0.05, 0.1) is 6.54 Å². The van der Waals surface area contributed by atoms with Gasteiger partial charge in [-0.3, -0.25) is 14.7 Å². The number of aryl methyl sites for hydroxylation is 1. The van der Waals surface area contributed by atoms with Crippen molar-refractivity contribution in [3.8, 4) is 0 Å². The summed E-state index contributed by atoms with van der Waals surface area (Å²) in [6.45, 7) is 6.95. The number of nitrogens with zero attached hydrogens (tertiary/aromatic N) is 2. The van der Waals surface area contributed by atoms with Crippen LogP contribution in [0.15, 0.2) is 18.3 Å². The molecule has 0 unspecified atom stereocenters. The summed E-state index contributed by atoms with van der Waals surface area (Å²) in [5, 5.41) is 6.28. The number of carbonyl (C=O) groups is 1. The van der Waals surface area contributed by atoms with Crippen molar-refractivity contribution in [1.29, 1.82) is 0 Å². The molecule has 2 heterocycles. The molecule has 1 aromatic heterocycles. The van der Waals surface area contributed by atoms with Gasteiger partial charge in [0, 0.05) is 31.5 Å². The van der Waals surface area contributed by atoms with E-state index in [0.29, 0.717) is 13.1 Å². The van der Waals surface area contributed by atoms with Gasteiger partial charge in [-0.25, -0.2) is 0 Å². The summed E-state index contributed by atoms with van der Waals surface area (Å²) in [6, 6.07) is 3.96. The highest BCUT2D eigenvalue weighted by Crippen LogP contribution is 1.99. The van der Waals surface area contributed by atoms with Crippen LogP contribution in [0.1, 0.15) is 17.7 Å². The van der Waals surface area contributed by atoms with Crippen molar-refractivity contribution in [2.24, 2.45) is 0 Å². The number of amides is 1. The summed E-state index contributed by atoms with van der Waals surface area (Å²) < 4.78 is 0. The van der Waals surface area contributed by atoms with Gasteiger partial charge >= 0.3 is 0 Å². The Labute approximate surface area is 114 Å². The van der Waals surface area contributed by atoms with Crippen molar-refractivity contribution in [3.05, 3.63) is 29.6 Å². The van der Waals surface area contributed by atoms with Crippen LogP contribution in [-0.4, -0.2) is 48.5 Å². The van der Waals surface area contributed by atoms with E-state index < -0.39 is 0 Å². The lowest BCUT2D eigenvalue weighted by atomic mass is 10.2. The summed E-state index contributed by atoms with van der Waals surface area (Å²) in [4.78, 5) is 18.3. The molecule has 5 heteroatoms. The molecule has 5 nitrogen and oxygen atoms in total. The van der Waals surface area contributed by atoms with E-state index in [1.165, 1.54) is 0 Å². The van der Waals surface area contributed by atoms with Crippen LogP contribution in [0.5, 0.6) is 0 Å². The quantitative estimate of drug-likeness (QED) is 0.819. The van der Waals surface area contributed by atoms with Gasteiger partial charge in [0.1, 0.15) is 0 Å². The predicted octanol–water partition coefficient (Wildman–Crippen LogP) is 0.302. The fourth-order valence-corrected chi connectivity index (χ4v) is 2.12. The second-order valence-electron chi connectivity index (χ2n) is 4.96. The highest BCUT2D eigenvalue weighted by molar-refractivity contribution is 5.78. The van der Waals surface area contributed by atoms with Gasteiger partial charge in [-0.05, 0) is 38.1 Å². The summed E-state index contributed by atoms with van der Waals surface area (Å²) >= 11 is 0. The molecule has 0 aromatic carbocycles. The molecule has 19 heavy (non-hydrogen) atoms. The third-order valence-electron chi connectivity index (χ3n) is 3.26. The maximum Gasteiger partial charge on any atom is 0.234 e. The zero-order valence-corrected chi connectivity index (χ0v) is 11.5. The van der Waals surface area contributed by atoms with E-state index in [2.05, 4.69) is 20.5 Å². The Kier molecular flexibility index (Phi) is 5.30. The smallest absolute Gasteiger partial charge is 0.234 e. The maximum absolute atomic E-state index is 11.9. The number of pyridine rings is 1. The predicted molar refractivity (Wildman–Crippen MR) is 74.7 cm³/mol. The average molecular weight is 262 g/mol. The topological polar surface area (TPSA) is 57.3 Å². The molecule has 0 spiro atoms. The van der Waals surface area contributed by atoms with E-state index in [1.807, 2.05) is 25.3 Å². The zero-order valence-electron chi connectivity index (χ0n) is 11.5. The van der Waals surface area contributed by atoms with Crippen LogP contribution >= 0.6 is 0 Å². The molecule has 104 valence electrons. The first-order chi connectivity index (χ1) is 9.24. The van der Waals surface area contributed by atoms with Crippen LogP contribution in [0.2, 0.25) is 0 Å². The normalized spacial score (nSPS) is 16.9. The SMILES string of the molecule is Cc1ccc(CNC(=O)CN2CCCNCC2)cn1. The molecule has 0 aliphatic carbocycles. The Hall–Kier alpha value is -1.46. The van der Waals surface area contributed by atoms with Gasteiger partial charge in [0.2, 0.25) is 5.91 Å². The number of carbonyl (C=O) groups excluding carboxylic acids is 1. The fraction of sp³-hybridized carbons (Fsp3) is 0.571. The monoisotopic (exact) mass is 262 g/mol. The van der Waals surface area contributed by atoms with E-state index >= 15 is 0 Å². The third kappa shape index (κ3) is 4.96. The molecule has 1 aromatic rings. The Balaban J connectivity index is 1.73. The van der Waals surface area contributed by atoms with Crippen LogP contribution in [0.4, 0.5) is 0 Å². The number of nitrogens with one attached hydrogen (secondary N) is 2. The molecular weight excluding hydrogens is 240 g/mol. The lowest BCUT2D eigenvalue weighted by molar-refractivity contribution is -0.122. The number of aromatic nitrogens is 1. The minimum atomic E-state index is 0.0856. The van der Waals surface area contributed by atoms with Crippen molar-refractivity contribution in [3.63, 3.8) is 0 Å². The number of hydrogen-bond acceptors (Lipinski definition) is 4. The van der Waals surface area contributed by atoms with Crippen molar-refractivity contribution >= 4 is 5.91 Å². The Morgan fingerprint density at radius 1 is 1.42 bits per heavy atom. The summed E-state index contributed by atoms with van der Waals surface area (Å²) in [6.07, 6.45) is 2.92. The minimum Gasteiger partial charge on any atom is -0.351 e. The van der Waals surface area contributed by atoms with Crippen molar-refractivity contribution in [2.75, 3.05) is 32.7 Å². The second kappa shape index (κ2) is 7.21. The van der Waals surface area contributed by atoms with Crippen molar-refractivity contribution in [2.45, 2.75) is 19.9 Å². The largest absolute Gasteiger partial charge is 0.351 e. The van der Waals surface area contributed by atoms with Crippen molar-refractivity contribution in [1.82, 2.24) is 20.5 Å². The highest BCUT2D eigenvalue weighted by Gasteiger charge is 2.12. The van der Waals surface area contributed by atoms with Crippen LogP contribution in [-0.2, 0) is 11.3 Å². The van der Waals surface area contributed by atoms with E-state index in [9.17, 15) is 4.79 Å². The lowest BCUT2D eigenvalue weighted by Gasteiger charge is -2.18. The van der Waals surface area contributed by atoms with Gasteiger partial charge < -0.3 is 10.6 Å². The van der Waals surface area contributed by atoms with Crippen LogP contribution in [0, 0.1) is 6.92 Å². The highest BCUT2D eigenvalue weighted by atomic mass is 16.2. The third-order valence-corrected chi connectivity index (χ3v) is 3.26. The summed E-state index contributed by atoms with van der Waals surface area (Å²) in [5.41, 5.74) is 2.03. The molecule has 1 saturated heterocycles. The molecule has 1 fully saturated rings. The molecule has 0 atom stereocenters. The Morgan fingerprint density at radius 2 is 2.32 bits per heavy atom. The molecule has 2 rings (SSSR count). The maximum atomic E-state index is 11.9. The molecule has 0 bridgehead atoms. The van der Waals surface area contributed by atoms with E-state index in [4.69, 9.17) is 0 Å². The van der Waals surface area contributed by atoms with E-state index in [0.717, 1.165) is 43.9 Å². The molecule has 1 aliphatic heterocycles. The van der Waals surface area contributed by atoms with Gasteiger partial charge in [-0.1, -0.05) is 6.07 Å². The fourth-order valence-electron chi connectivity index (χ4n) is 2.12. The molecule has 1 aliphatic rings. The van der Waals surface area contributed by atoms with Crippen molar-refractivity contribution < 1.29 is 4.79 Å². The first-order valence-corrected chi connectivity index (χ1v) is 6.85. The lowest BCUT2D eigenvalue weighted by Crippen LogP contribution is -2.38. The van der Waals surface area contributed by atoms with Crippen LogP contribution in [0.25, 0.3) is 0 Å². The second-order valence-corrected chi connectivity index (χ2v) is 4.96. The molecular formula is C14H22N4O. The first kappa shape index (κ1) is 14.0. The van der Waals surface area contributed by atoms with Gasteiger partial charge in [-0.15, -0.1) is 0 Å². The van der Waals surface area contributed by atoms with Gasteiger partial charge in [0.25, 0.3) is 0 Å². The average Bonchev–Trinajstić information content (AvgIpc) is 2.67. The first-order valence-electron chi connectivity index (χ1n) is 6.85. The minimum absolute atomic E-state index is 0.0856. The van der Waals surface area contributed by atoms with Gasteiger partial charge in [-0.2, -0.15) is 0 Å². The number of hydrogen-bond donors (Lipinski definition) is 2. The molecule has 2 N–H and O–H groups in total. The molecule has 1 amide bonds. The van der Waals surface area contributed by atoms with E-state index in [-0.39, 0.29) is 5.91 Å². The standard InChI is InChI=1S/C14H22N4O/c1-12-3-4-13(9-16-12)10-17-14(19)11-18-7-2-5-15-6-8-18/h3-4,9,15H,2,5-8,10-11H2,1H3,(H,17,19). The van der Waals surface area contributed by atoms with Crippen LogP contribution in [0.3, 0.4) is 0 Å². The Bertz CT molecular complexity index is 396. The van der Waals surface area contributed by atoms with E-state index in [1.54, 1.807) is 0 Å². The number of rotatable bonds is 4. The molecule has 0 radical (unpaired) electrons. The summed E-state index contributed by atoms with van der Waals surface area (Å²) in [7, 11) is 0. The zero-order chi connectivity index (χ0) is 13.5. The molecule has 0 saturated carbocycles. The Morgan fingerprint density at radius 3 is 3.11 bits per heavy atom. The van der Waals surface area contributed by atoms with Crippen LogP contribution < -0.4 is 10.6 Å².